The molecule has 1 fully saturated rings. The number of carbonyl (C=O) groups excluding carboxylic acids is 2. The molecular weight excluding hydrogens is 282 g/mol. The number of amides is 2. The highest BCUT2D eigenvalue weighted by atomic mass is 16.5. The highest BCUT2D eigenvalue weighted by molar-refractivity contribution is 5.93. The van der Waals surface area contributed by atoms with Crippen LogP contribution in [0.5, 0.6) is 0 Å². The van der Waals surface area contributed by atoms with Crippen LogP contribution in [0.1, 0.15) is 52.4 Å². The van der Waals surface area contributed by atoms with Gasteiger partial charge in [-0.3, -0.25) is 9.59 Å². The summed E-state index contributed by atoms with van der Waals surface area (Å²) < 4.78 is 4.67. The van der Waals surface area contributed by atoms with Crippen LogP contribution in [0, 0.1) is 5.92 Å². The third-order valence-corrected chi connectivity index (χ3v) is 4.20. The molecule has 1 aromatic rings. The van der Waals surface area contributed by atoms with Gasteiger partial charge in [0.1, 0.15) is 12.8 Å². The van der Waals surface area contributed by atoms with Crippen LogP contribution >= 0.6 is 0 Å². The summed E-state index contributed by atoms with van der Waals surface area (Å²) in [7, 11) is 0. The number of nitrogens with one attached hydrogen (secondary N) is 1. The summed E-state index contributed by atoms with van der Waals surface area (Å²) in [6, 6.07) is 1.57. The highest BCUT2D eigenvalue weighted by Crippen LogP contribution is 2.28. The van der Waals surface area contributed by atoms with Crippen molar-refractivity contribution in [2.24, 2.45) is 5.92 Å². The largest absolute Gasteiger partial charge is 0.363 e. The van der Waals surface area contributed by atoms with Crippen LogP contribution in [-0.2, 0) is 9.59 Å². The minimum Gasteiger partial charge on any atom is -0.363 e. The minimum atomic E-state index is -0.253. The van der Waals surface area contributed by atoms with E-state index in [1.165, 1.54) is 31.9 Å². The summed E-state index contributed by atoms with van der Waals surface area (Å²) in [6.07, 6.45) is 7.90. The van der Waals surface area contributed by atoms with Crippen molar-refractivity contribution in [1.82, 2.24) is 10.1 Å². The van der Waals surface area contributed by atoms with E-state index in [0.29, 0.717) is 18.2 Å². The second-order valence-electron chi connectivity index (χ2n) is 6.24. The summed E-state index contributed by atoms with van der Waals surface area (Å²) in [4.78, 5) is 26.0. The lowest BCUT2D eigenvalue weighted by Gasteiger charge is -2.26. The Hall–Kier alpha value is -1.85. The van der Waals surface area contributed by atoms with E-state index in [2.05, 4.69) is 15.0 Å². The number of hydrogen-bond donors (Lipinski definition) is 1. The van der Waals surface area contributed by atoms with E-state index < -0.39 is 0 Å². The molecule has 0 radical (unpaired) electrons. The van der Waals surface area contributed by atoms with E-state index in [0.717, 1.165) is 6.42 Å². The Kier molecular flexibility index (Phi) is 5.98. The predicted molar refractivity (Wildman–Crippen MR) is 83.2 cm³/mol. The van der Waals surface area contributed by atoms with Crippen molar-refractivity contribution in [1.29, 1.82) is 0 Å². The van der Waals surface area contributed by atoms with Gasteiger partial charge in [-0.25, -0.2) is 0 Å². The van der Waals surface area contributed by atoms with Gasteiger partial charge in [0, 0.05) is 18.5 Å². The Bertz CT molecular complexity index is 479. The fraction of sp³-hybridized carbons (Fsp3) is 0.688. The Balaban J connectivity index is 1.82. The van der Waals surface area contributed by atoms with Crippen LogP contribution in [0.2, 0.25) is 0 Å². The van der Waals surface area contributed by atoms with Gasteiger partial charge >= 0.3 is 0 Å². The third kappa shape index (κ3) is 4.86. The SMILES string of the molecule is CC(C)N(CC(=O)Nc1ccon1)C(=O)CCC1CCCC1. The Morgan fingerprint density at radius 1 is 1.41 bits per heavy atom. The molecular formula is C16H25N3O3. The quantitative estimate of drug-likeness (QED) is 0.840. The van der Waals surface area contributed by atoms with Gasteiger partial charge in [-0.15, -0.1) is 0 Å². The fourth-order valence-corrected chi connectivity index (χ4v) is 2.94. The standard InChI is InChI=1S/C16H25N3O3/c1-12(2)19(11-15(20)17-14-9-10-22-18-14)16(21)8-7-13-5-3-4-6-13/h9-10,12-13H,3-8,11H2,1-2H3,(H,17,18,20). The maximum atomic E-state index is 12.4. The van der Waals surface area contributed by atoms with Gasteiger partial charge in [-0.2, -0.15) is 0 Å². The molecule has 0 atom stereocenters. The lowest BCUT2D eigenvalue weighted by molar-refractivity contribution is -0.136. The predicted octanol–water partition coefficient (Wildman–Crippen LogP) is 2.82. The van der Waals surface area contributed by atoms with Gasteiger partial charge in [0.2, 0.25) is 11.8 Å². The average molecular weight is 307 g/mol. The molecule has 1 aliphatic carbocycles. The minimum absolute atomic E-state index is 0.000799. The molecule has 6 heteroatoms. The van der Waals surface area contributed by atoms with Gasteiger partial charge in [-0.1, -0.05) is 30.8 Å². The lowest BCUT2D eigenvalue weighted by Crippen LogP contribution is -2.42. The Labute approximate surface area is 131 Å². The van der Waals surface area contributed by atoms with Crippen LogP contribution in [0.15, 0.2) is 16.9 Å². The van der Waals surface area contributed by atoms with Gasteiger partial charge in [0.25, 0.3) is 0 Å². The zero-order valence-electron chi connectivity index (χ0n) is 13.4. The Morgan fingerprint density at radius 2 is 2.14 bits per heavy atom. The molecule has 0 aromatic carbocycles. The second-order valence-corrected chi connectivity index (χ2v) is 6.24. The maximum absolute atomic E-state index is 12.4. The number of rotatable bonds is 7. The van der Waals surface area contributed by atoms with E-state index in [1.807, 2.05) is 13.8 Å². The first-order valence-electron chi connectivity index (χ1n) is 8.06. The fourth-order valence-electron chi connectivity index (χ4n) is 2.94. The number of aromatic nitrogens is 1. The summed E-state index contributed by atoms with van der Waals surface area (Å²) in [5, 5.41) is 6.25. The van der Waals surface area contributed by atoms with Gasteiger partial charge in [0.15, 0.2) is 5.82 Å². The van der Waals surface area contributed by atoms with Gasteiger partial charge in [-0.05, 0) is 26.2 Å². The van der Waals surface area contributed by atoms with Crippen molar-refractivity contribution in [3.05, 3.63) is 12.3 Å². The molecule has 122 valence electrons. The van der Waals surface area contributed by atoms with Crippen LogP contribution in [0.3, 0.4) is 0 Å². The van der Waals surface area contributed by atoms with Crippen molar-refractivity contribution >= 4 is 17.6 Å². The van der Waals surface area contributed by atoms with Crippen LogP contribution in [0.4, 0.5) is 5.82 Å². The van der Waals surface area contributed by atoms with Crippen molar-refractivity contribution in [2.75, 3.05) is 11.9 Å². The van der Waals surface area contributed by atoms with Crippen molar-refractivity contribution in [3.8, 4) is 0 Å². The second kappa shape index (κ2) is 7.96. The molecule has 0 aliphatic heterocycles. The van der Waals surface area contributed by atoms with Crippen molar-refractivity contribution < 1.29 is 14.1 Å². The molecule has 2 amide bonds. The molecule has 2 rings (SSSR count). The molecule has 0 spiro atoms. The number of carbonyl (C=O) groups is 2. The smallest absolute Gasteiger partial charge is 0.245 e. The summed E-state index contributed by atoms with van der Waals surface area (Å²) in [5.74, 6) is 0.850. The molecule has 22 heavy (non-hydrogen) atoms. The Morgan fingerprint density at radius 3 is 2.73 bits per heavy atom. The topological polar surface area (TPSA) is 75.4 Å². The van der Waals surface area contributed by atoms with E-state index in [-0.39, 0.29) is 24.4 Å². The molecule has 6 nitrogen and oxygen atoms in total. The first-order valence-corrected chi connectivity index (χ1v) is 8.06. The van der Waals surface area contributed by atoms with E-state index >= 15 is 0 Å². The maximum Gasteiger partial charge on any atom is 0.245 e. The van der Waals surface area contributed by atoms with Gasteiger partial charge < -0.3 is 14.7 Å². The monoisotopic (exact) mass is 307 g/mol. The third-order valence-electron chi connectivity index (χ3n) is 4.20. The first kappa shape index (κ1) is 16.5. The van der Waals surface area contributed by atoms with E-state index in [4.69, 9.17) is 0 Å². The molecule has 0 unspecified atom stereocenters. The molecule has 0 saturated heterocycles. The summed E-state index contributed by atoms with van der Waals surface area (Å²) >= 11 is 0. The highest BCUT2D eigenvalue weighted by Gasteiger charge is 2.22. The molecule has 1 aliphatic rings. The molecule has 1 N–H and O–H groups in total. The number of nitrogens with zero attached hydrogens (tertiary/aromatic N) is 2. The first-order chi connectivity index (χ1) is 10.6. The number of anilines is 1. The lowest BCUT2D eigenvalue weighted by atomic mass is 10.0. The zero-order valence-corrected chi connectivity index (χ0v) is 13.4. The van der Waals surface area contributed by atoms with E-state index in [1.54, 1.807) is 11.0 Å². The molecule has 1 aromatic heterocycles. The van der Waals surface area contributed by atoms with Crippen LogP contribution < -0.4 is 5.32 Å². The molecule has 0 bridgehead atoms. The van der Waals surface area contributed by atoms with E-state index in [9.17, 15) is 9.59 Å². The summed E-state index contributed by atoms with van der Waals surface area (Å²) in [6.45, 7) is 3.90. The summed E-state index contributed by atoms with van der Waals surface area (Å²) in [5.41, 5.74) is 0. The van der Waals surface area contributed by atoms with Gasteiger partial charge in [0.05, 0.1) is 0 Å². The zero-order chi connectivity index (χ0) is 15.9. The van der Waals surface area contributed by atoms with Crippen molar-refractivity contribution in [2.45, 2.75) is 58.4 Å². The van der Waals surface area contributed by atoms with Crippen LogP contribution in [-0.4, -0.2) is 34.5 Å². The average Bonchev–Trinajstić information content (AvgIpc) is 3.15. The van der Waals surface area contributed by atoms with Crippen LogP contribution in [0.25, 0.3) is 0 Å². The number of hydrogen-bond acceptors (Lipinski definition) is 4. The normalized spacial score (nSPS) is 15.2. The van der Waals surface area contributed by atoms with Crippen molar-refractivity contribution in [3.63, 3.8) is 0 Å². The molecule has 1 heterocycles. The molecule has 1 saturated carbocycles.